The van der Waals surface area contributed by atoms with Crippen molar-refractivity contribution in [3.8, 4) is 11.5 Å². The fraction of sp³-hybridized carbons (Fsp3) is 0.240. The number of carbonyl (C=O) groups is 2. The highest BCUT2D eigenvalue weighted by Crippen LogP contribution is 2.37. The van der Waals surface area contributed by atoms with Crippen LogP contribution in [0.5, 0.6) is 11.5 Å². The lowest BCUT2D eigenvalue weighted by Crippen LogP contribution is -2.48. The molecule has 64 heavy (non-hydrogen) atoms. The Morgan fingerprint density at radius 1 is 0.906 bits per heavy atom. The van der Waals surface area contributed by atoms with Crippen molar-refractivity contribution >= 4 is 62.4 Å². The Labute approximate surface area is 375 Å². The number of hydrogen-bond donors (Lipinski definition) is 6. The summed E-state index contributed by atoms with van der Waals surface area (Å²) in [5.74, 6) is 0.0605. The van der Waals surface area contributed by atoms with Crippen LogP contribution in [0.2, 0.25) is 0 Å². The van der Waals surface area contributed by atoms with E-state index in [1.54, 1.807) is 31.0 Å². The van der Waals surface area contributed by atoms with E-state index >= 15 is 0 Å². The van der Waals surface area contributed by atoms with Crippen LogP contribution in [0.3, 0.4) is 0 Å². The van der Waals surface area contributed by atoms with Gasteiger partial charge in [-0.3, -0.25) is 19.4 Å². The predicted molar refractivity (Wildman–Crippen MR) is 253 cm³/mol. The van der Waals surface area contributed by atoms with E-state index in [4.69, 9.17) is 10.5 Å². The molecule has 1 saturated heterocycles. The number of nitrogens with two attached hydrogens (primary N) is 1. The molecule has 8 rings (SSSR count). The molecule has 5 aromatic carbocycles. The van der Waals surface area contributed by atoms with E-state index in [0.717, 1.165) is 76.5 Å². The van der Waals surface area contributed by atoms with Gasteiger partial charge in [0.15, 0.2) is 0 Å². The van der Waals surface area contributed by atoms with Gasteiger partial charge in [-0.05, 0) is 116 Å². The number of pyridine rings is 2. The van der Waals surface area contributed by atoms with Crippen molar-refractivity contribution in [2.24, 2.45) is 5.73 Å². The van der Waals surface area contributed by atoms with Gasteiger partial charge >= 0.3 is 0 Å². The van der Waals surface area contributed by atoms with Gasteiger partial charge in [0.1, 0.15) is 11.5 Å². The number of primary amides is 1. The molecule has 0 radical (unpaired) electrons. The van der Waals surface area contributed by atoms with Crippen molar-refractivity contribution in [1.29, 1.82) is 0 Å². The second-order valence-electron chi connectivity index (χ2n) is 15.9. The molecule has 0 spiro atoms. The minimum Gasteiger partial charge on any atom is -0.506 e. The number of hydrogen-bond acceptors (Lipinski definition) is 11. The Morgan fingerprint density at radius 2 is 1.70 bits per heavy atom. The Bertz CT molecular complexity index is 2880. The molecular formula is C50H51N7O6S. The van der Waals surface area contributed by atoms with E-state index in [0.29, 0.717) is 53.1 Å². The summed E-state index contributed by atoms with van der Waals surface area (Å²) < 4.78 is 5.40. The van der Waals surface area contributed by atoms with Gasteiger partial charge in [0.05, 0.1) is 35.5 Å². The number of aromatic amines is 1. The maximum atomic E-state index is 13.8. The van der Waals surface area contributed by atoms with Crippen molar-refractivity contribution in [1.82, 2.24) is 20.2 Å². The van der Waals surface area contributed by atoms with Crippen LogP contribution in [0.4, 0.5) is 17.1 Å². The van der Waals surface area contributed by atoms with Gasteiger partial charge in [-0.15, -0.1) is 0 Å². The number of nitrogens with zero attached hydrogens (tertiary/aromatic N) is 3. The lowest BCUT2D eigenvalue weighted by atomic mass is 10.0. The van der Waals surface area contributed by atoms with Crippen LogP contribution >= 0.6 is 11.8 Å². The maximum Gasteiger partial charge on any atom is 0.254 e. The lowest BCUT2D eigenvalue weighted by Gasteiger charge is -2.36. The fourth-order valence-electron chi connectivity index (χ4n) is 8.20. The van der Waals surface area contributed by atoms with Crippen LogP contribution in [0.1, 0.15) is 56.4 Å². The summed E-state index contributed by atoms with van der Waals surface area (Å²) in [5.41, 5.74) is 12.8. The minimum absolute atomic E-state index is 0.00243. The molecule has 1 aliphatic heterocycles. The standard InChI is InChI=1S/C50H51N7O6S/c1-31-25-38(28-41-46(31)53-29-42(49(51)61)47(41)54-34-9-6-10-36(27-34)63-2)64-37-11-5-8-33(26-37)50(62)57-23-21-56(22-24-57)35-14-12-32(13-15-35)7-3-4-20-52-30-44(59)39-16-18-43(58)48-40(39)17-19-45(60)55-48/h5-6,8-19,25-29,44,52,58-59H,3-4,7,20-24,30H2,1-2H3,(H2,51,61)(H,53,54)(H,55,60)/t44-/m0/s1. The normalized spacial score (nSPS) is 13.3. The van der Waals surface area contributed by atoms with Crippen LogP contribution < -0.4 is 31.6 Å². The smallest absolute Gasteiger partial charge is 0.254 e. The summed E-state index contributed by atoms with van der Waals surface area (Å²) in [6, 6.07) is 34.1. The van der Waals surface area contributed by atoms with Gasteiger partial charge in [-0.1, -0.05) is 42.1 Å². The number of aliphatic hydroxyl groups is 1. The number of amides is 2. The summed E-state index contributed by atoms with van der Waals surface area (Å²) in [7, 11) is 1.60. The molecule has 14 heteroatoms. The molecule has 2 amide bonds. The molecule has 7 N–H and O–H groups in total. The fourth-order valence-corrected chi connectivity index (χ4v) is 9.22. The van der Waals surface area contributed by atoms with Crippen molar-refractivity contribution in [3.63, 3.8) is 0 Å². The first-order chi connectivity index (χ1) is 31.0. The van der Waals surface area contributed by atoms with E-state index in [1.807, 2.05) is 66.4 Å². The summed E-state index contributed by atoms with van der Waals surface area (Å²) in [5, 5.41) is 29.0. The Kier molecular flexibility index (Phi) is 13.5. The molecular weight excluding hydrogens is 827 g/mol. The molecule has 1 fully saturated rings. The quantitative estimate of drug-likeness (QED) is 0.0523. The predicted octanol–water partition coefficient (Wildman–Crippen LogP) is 7.70. The molecule has 0 saturated carbocycles. The number of phenolic OH excluding ortho intramolecular Hbond substituents is 1. The highest BCUT2D eigenvalue weighted by Gasteiger charge is 2.23. The van der Waals surface area contributed by atoms with Gasteiger partial charge in [-0.25, -0.2) is 0 Å². The Balaban J connectivity index is 0.824. The van der Waals surface area contributed by atoms with Crippen molar-refractivity contribution < 1.29 is 24.5 Å². The minimum atomic E-state index is -0.783. The number of ether oxygens (including phenoxy) is 1. The van der Waals surface area contributed by atoms with Crippen molar-refractivity contribution in [2.75, 3.05) is 56.6 Å². The first-order valence-corrected chi connectivity index (χ1v) is 22.2. The zero-order valence-electron chi connectivity index (χ0n) is 35.8. The van der Waals surface area contributed by atoms with Crippen LogP contribution in [0, 0.1) is 6.92 Å². The monoisotopic (exact) mass is 877 g/mol. The first kappa shape index (κ1) is 43.8. The number of H-pyrrole nitrogens is 1. The zero-order chi connectivity index (χ0) is 44.7. The van der Waals surface area contributed by atoms with E-state index in [9.17, 15) is 24.6 Å². The zero-order valence-corrected chi connectivity index (χ0v) is 36.6. The van der Waals surface area contributed by atoms with E-state index in [-0.39, 0.29) is 22.8 Å². The lowest BCUT2D eigenvalue weighted by molar-refractivity contribution is 0.0746. The summed E-state index contributed by atoms with van der Waals surface area (Å²) >= 11 is 1.54. The number of anilines is 3. The van der Waals surface area contributed by atoms with Gasteiger partial charge in [0.25, 0.3) is 11.8 Å². The maximum absolute atomic E-state index is 13.8. The Morgan fingerprint density at radius 3 is 2.48 bits per heavy atom. The van der Waals surface area contributed by atoms with Crippen LogP contribution in [-0.4, -0.2) is 83.3 Å². The Hall–Kier alpha value is -6.87. The SMILES string of the molecule is COc1cccc(Nc2c(C(N)=O)cnc3c(C)cc(Sc4cccc(C(=O)N5CCN(c6ccc(CCCCNC[C@H](O)c7ccc(O)c8[nH]c(=O)ccc78)cc6)CC5)c4)cc23)c1. The average molecular weight is 878 g/mol. The number of unbranched alkanes of at least 4 members (excludes halogenated alkanes) is 1. The third-order valence-corrected chi connectivity index (χ3v) is 12.6. The second-order valence-corrected chi connectivity index (χ2v) is 17.1. The number of aromatic hydroxyl groups is 1. The molecule has 0 aliphatic carbocycles. The number of aliphatic hydroxyl groups excluding tert-OH is 1. The van der Waals surface area contributed by atoms with Gasteiger partial charge in [-0.2, -0.15) is 0 Å². The second kappa shape index (κ2) is 19.7. The first-order valence-electron chi connectivity index (χ1n) is 21.3. The van der Waals surface area contributed by atoms with Crippen LogP contribution in [-0.2, 0) is 6.42 Å². The van der Waals surface area contributed by atoms with Gasteiger partial charge in [0, 0.05) is 88.6 Å². The average Bonchev–Trinajstić information content (AvgIpc) is 3.30. The number of aromatic nitrogens is 2. The summed E-state index contributed by atoms with van der Waals surface area (Å²) in [6.07, 6.45) is 3.60. The molecule has 328 valence electrons. The topological polar surface area (TPSA) is 186 Å². The number of phenols is 1. The summed E-state index contributed by atoms with van der Waals surface area (Å²) in [4.78, 5) is 51.4. The number of aryl methyl sites for hydroxylation is 2. The highest BCUT2D eigenvalue weighted by molar-refractivity contribution is 7.99. The van der Waals surface area contributed by atoms with E-state index < -0.39 is 12.0 Å². The number of piperazine rings is 1. The largest absolute Gasteiger partial charge is 0.506 e. The summed E-state index contributed by atoms with van der Waals surface area (Å²) in [6.45, 7) is 5.80. The third kappa shape index (κ3) is 9.99. The van der Waals surface area contributed by atoms with Crippen molar-refractivity contribution in [2.45, 2.75) is 42.1 Å². The molecule has 0 bridgehead atoms. The molecule has 7 aromatic rings. The number of fused-ring (bicyclic) bond motifs is 2. The number of benzene rings is 5. The number of rotatable bonds is 16. The van der Waals surface area contributed by atoms with E-state index in [1.165, 1.54) is 23.9 Å². The molecule has 1 atom stereocenters. The molecule has 2 aromatic heterocycles. The number of methoxy groups -OCH3 is 1. The number of carbonyl (C=O) groups excluding carboxylic acids is 2. The van der Waals surface area contributed by atoms with Gasteiger partial charge in [0.2, 0.25) is 5.56 Å². The number of nitrogens with one attached hydrogen (secondary N) is 3. The highest BCUT2D eigenvalue weighted by atomic mass is 32.2. The van der Waals surface area contributed by atoms with Crippen LogP contribution in [0.15, 0.2) is 130 Å². The van der Waals surface area contributed by atoms with Crippen LogP contribution in [0.25, 0.3) is 21.8 Å². The van der Waals surface area contributed by atoms with Gasteiger partial charge < -0.3 is 46.1 Å². The van der Waals surface area contributed by atoms with Crippen molar-refractivity contribution in [3.05, 3.63) is 154 Å². The van der Waals surface area contributed by atoms with E-state index in [2.05, 4.69) is 55.8 Å². The molecule has 3 heterocycles. The molecule has 1 aliphatic rings. The third-order valence-electron chi connectivity index (χ3n) is 11.6. The molecule has 13 nitrogen and oxygen atoms in total. The molecule has 0 unspecified atom stereocenters.